The van der Waals surface area contributed by atoms with Crippen LogP contribution in [0.3, 0.4) is 0 Å². The number of carbonyl (C=O) groups is 1. The van der Waals surface area contributed by atoms with Gasteiger partial charge in [-0.15, -0.1) is 0 Å². The quantitative estimate of drug-likeness (QED) is 0.721. The van der Waals surface area contributed by atoms with Gasteiger partial charge >= 0.3 is 0 Å². The summed E-state index contributed by atoms with van der Waals surface area (Å²) < 4.78 is 0. The normalized spacial score (nSPS) is 10.5. The summed E-state index contributed by atoms with van der Waals surface area (Å²) in [6.07, 6.45) is 1.26. The Balaban J connectivity index is 2.05. The number of nitrogens with two attached hydrogens (primary N) is 1. The third kappa shape index (κ3) is 3.06. The molecule has 0 aliphatic carbocycles. The number of aryl methyl sites for hydroxylation is 1. The van der Waals surface area contributed by atoms with Gasteiger partial charge in [0.25, 0.3) is 0 Å². The number of aromatic nitrogens is 1. The third-order valence-corrected chi connectivity index (χ3v) is 3.73. The summed E-state index contributed by atoms with van der Waals surface area (Å²) in [7, 11) is 0. The Bertz CT molecular complexity index is 916. The van der Waals surface area contributed by atoms with Crippen molar-refractivity contribution in [1.82, 2.24) is 4.98 Å². The first kappa shape index (κ1) is 14.8. The number of pyridine rings is 1. The van der Waals surface area contributed by atoms with E-state index in [0.717, 1.165) is 33.3 Å². The molecule has 23 heavy (non-hydrogen) atoms. The average Bonchev–Trinajstić information content (AvgIpc) is 2.56. The van der Waals surface area contributed by atoms with Gasteiger partial charge in [0.2, 0.25) is 5.91 Å². The minimum atomic E-state index is -0.224. The SMILES string of the molecule is C=CC(=O)Nc1cc(-c2ccc3ccc(N)nc3c2)ccc1C. The summed E-state index contributed by atoms with van der Waals surface area (Å²) in [5, 5.41) is 3.86. The molecule has 2 aromatic carbocycles. The van der Waals surface area contributed by atoms with Crippen molar-refractivity contribution in [2.24, 2.45) is 0 Å². The fourth-order valence-electron chi connectivity index (χ4n) is 2.43. The predicted octanol–water partition coefficient (Wildman–Crippen LogP) is 3.92. The molecule has 3 aromatic rings. The number of anilines is 2. The smallest absolute Gasteiger partial charge is 0.247 e. The van der Waals surface area contributed by atoms with Crippen LogP contribution in [0.2, 0.25) is 0 Å². The van der Waals surface area contributed by atoms with Crippen LogP contribution >= 0.6 is 0 Å². The van der Waals surface area contributed by atoms with Crippen molar-refractivity contribution in [3.8, 4) is 11.1 Å². The zero-order valence-electron chi connectivity index (χ0n) is 12.8. The van der Waals surface area contributed by atoms with Crippen LogP contribution in [0, 0.1) is 6.92 Å². The molecule has 0 aliphatic heterocycles. The zero-order valence-corrected chi connectivity index (χ0v) is 12.8. The standard InChI is InChI=1S/C19H17N3O/c1-3-19(23)22-16-10-14(5-4-12(16)2)15-7-6-13-8-9-18(20)21-17(13)11-15/h3-11H,1H2,2H3,(H2,20,21)(H,22,23). The van der Waals surface area contributed by atoms with E-state index in [0.29, 0.717) is 5.82 Å². The molecular formula is C19H17N3O. The van der Waals surface area contributed by atoms with Crippen molar-refractivity contribution in [2.45, 2.75) is 6.92 Å². The Morgan fingerprint density at radius 1 is 1.13 bits per heavy atom. The van der Waals surface area contributed by atoms with Crippen molar-refractivity contribution in [3.63, 3.8) is 0 Å². The van der Waals surface area contributed by atoms with Gasteiger partial charge in [0.15, 0.2) is 0 Å². The van der Waals surface area contributed by atoms with Crippen molar-refractivity contribution in [1.29, 1.82) is 0 Å². The number of amides is 1. The Kier molecular flexibility index (Phi) is 3.81. The molecule has 4 nitrogen and oxygen atoms in total. The van der Waals surface area contributed by atoms with E-state index in [1.165, 1.54) is 6.08 Å². The van der Waals surface area contributed by atoms with Crippen LogP contribution in [-0.4, -0.2) is 10.9 Å². The van der Waals surface area contributed by atoms with Crippen molar-refractivity contribution in [3.05, 3.63) is 66.7 Å². The van der Waals surface area contributed by atoms with E-state index in [1.807, 2.05) is 49.4 Å². The Labute approximate surface area is 134 Å². The Morgan fingerprint density at radius 3 is 2.61 bits per heavy atom. The van der Waals surface area contributed by atoms with Crippen molar-refractivity contribution < 1.29 is 4.79 Å². The molecular weight excluding hydrogens is 286 g/mol. The summed E-state index contributed by atoms with van der Waals surface area (Å²) in [5.41, 5.74) is 10.4. The molecule has 3 rings (SSSR count). The van der Waals surface area contributed by atoms with Gasteiger partial charge in [-0.1, -0.05) is 30.8 Å². The molecule has 1 amide bonds. The molecule has 4 heteroatoms. The molecule has 0 saturated carbocycles. The van der Waals surface area contributed by atoms with Gasteiger partial charge < -0.3 is 11.1 Å². The minimum Gasteiger partial charge on any atom is -0.384 e. The lowest BCUT2D eigenvalue weighted by atomic mass is 10.0. The second kappa shape index (κ2) is 5.93. The van der Waals surface area contributed by atoms with E-state index in [9.17, 15) is 4.79 Å². The Hall–Kier alpha value is -3.14. The zero-order chi connectivity index (χ0) is 16.4. The van der Waals surface area contributed by atoms with Crippen LogP contribution in [0.4, 0.5) is 11.5 Å². The summed E-state index contributed by atoms with van der Waals surface area (Å²) in [4.78, 5) is 15.9. The second-order valence-electron chi connectivity index (χ2n) is 5.37. The van der Waals surface area contributed by atoms with Gasteiger partial charge in [0.05, 0.1) is 5.52 Å². The van der Waals surface area contributed by atoms with Crippen molar-refractivity contribution in [2.75, 3.05) is 11.1 Å². The maximum absolute atomic E-state index is 11.5. The van der Waals surface area contributed by atoms with Crippen LogP contribution in [0.5, 0.6) is 0 Å². The highest BCUT2D eigenvalue weighted by molar-refractivity contribution is 6.00. The molecule has 0 spiro atoms. The van der Waals surface area contributed by atoms with Gasteiger partial charge in [0.1, 0.15) is 5.82 Å². The largest absolute Gasteiger partial charge is 0.384 e. The summed E-state index contributed by atoms with van der Waals surface area (Å²) in [6, 6.07) is 15.7. The first-order valence-electron chi connectivity index (χ1n) is 7.27. The fourth-order valence-corrected chi connectivity index (χ4v) is 2.43. The van der Waals surface area contributed by atoms with Gasteiger partial charge in [-0.2, -0.15) is 0 Å². The van der Waals surface area contributed by atoms with E-state index >= 15 is 0 Å². The van der Waals surface area contributed by atoms with E-state index in [4.69, 9.17) is 5.73 Å². The van der Waals surface area contributed by atoms with E-state index in [1.54, 1.807) is 6.07 Å². The first-order valence-corrected chi connectivity index (χ1v) is 7.27. The molecule has 114 valence electrons. The number of fused-ring (bicyclic) bond motifs is 1. The highest BCUT2D eigenvalue weighted by Crippen LogP contribution is 2.28. The minimum absolute atomic E-state index is 0.224. The number of nitrogens with zero attached hydrogens (tertiary/aromatic N) is 1. The van der Waals surface area contributed by atoms with Crippen molar-refractivity contribution >= 4 is 28.3 Å². The highest BCUT2D eigenvalue weighted by Gasteiger charge is 2.06. The van der Waals surface area contributed by atoms with E-state index < -0.39 is 0 Å². The number of hydrogen-bond donors (Lipinski definition) is 2. The van der Waals surface area contributed by atoms with Crippen LogP contribution in [-0.2, 0) is 4.79 Å². The Morgan fingerprint density at radius 2 is 1.83 bits per heavy atom. The number of hydrogen-bond acceptors (Lipinski definition) is 3. The number of nitrogen functional groups attached to an aromatic ring is 1. The van der Waals surface area contributed by atoms with Crippen LogP contribution < -0.4 is 11.1 Å². The van der Waals surface area contributed by atoms with Crippen LogP contribution in [0.1, 0.15) is 5.56 Å². The molecule has 1 aromatic heterocycles. The van der Waals surface area contributed by atoms with Gasteiger partial charge in [-0.25, -0.2) is 4.98 Å². The monoisotopic (exact) mass is 303 g/mol. The highest BCUT2D eigenvalue weighted by atomic mass is 16.1. The van der Waals surface area contributed by atoms with Gasteiger partial charge in [-0.05, 0) is 54.0 Å². The summed E-state index contributed by atoms with van der Waals surface area (Å²) in [5.74, 6) is 0.274. The maximum Gasteiger partial charge on any atom is 0.247 e. The maximum atomic E-state index is 11.5. The molecule has 1 heterocycles. The molecule has 0 saturated heterocycles. The third-order valence-electron chi connectivity index (χ3n) is 3.73. The second-order valence-corrected chi connectivity index (χ2v) is 5.37. The lowest BCUT2D eigenvalue weighted by Gasteiger charge is -2.10. The molecule has 0 bridgehead atoms. The number of benzene rings is 2. The average molecular weight is 303 g/mol. The fraction of sp³-hybridized carbons (Fsp3) is 0.0526. The molecule has 3 N–H and O–H groups in total. The topological polar surface area (TPSA) is 68.0 Å². The number of carbonyl (C=O) groups excluding carboxylic acids is 1. The predicted molar refractivity (Wildman–Crippen MR) is 95.2 cm³/mol. The summed E-state index contributed by atoms with van der Waals surface area (Å²) in [6.45, 7) is 5.43. The van der Waals surface area contributed by atoms with Gasteiger partial charge in [-0.3, -0.25) is 4.79 Å². The van der Waals surface area contributed by atoms with E-state index in [-0.39, 0.29) is 5.91 Å². The van der Waals surface area contributed by atoms with Gasteiger partial charge in [0, 0.05) is 11.1 Å². The summed E-state index contributed by atoms with van der Waals surface area (Å²) >= 11 is 0. The van der Waals surface area contributed by atoms with E-state index in [2.05, 4.69) is 16.9 Å². The molecule has 0 radical (unpaired) electrons. The molecule has 0 fully saturated rings. The number of rotatable bonds is 3. The van der Waals surface area contributed by atoms with Crippen LogP contribution in [0.15, 0.2) is 61.2 Å². The van der Waals surface area contributed by atoms with Crippen LogP contribution in [0.25, 0.3) is 22.0 Å². The first-order chi connectivity index (χ1) is 11.1. The number of nitrogens with one attached hydrogen (secondary N) is 1. The molecule has 0 aliphatic rings. The molecule has 0 atom stereocenters. The lowest BCUT2D eigenvalue weighted by molar-refractivity contribution is -0.111. The molecule has 0 unspecified atom stereocenters. The lowest BCUT2D eigenvalue weighted by Crippen LogP contribution is -2.08.